The number of nitro groups is 1. The van der Waals surface area contributed by atoms with E-state index < -0.39 is 17.1 Å². The second-order valence-corrected chi connectivity index (χ2v) is 2.88. The molecule has 0 fully saturated rings. The molecule has 0 saturated carbocycles. The fraction of sp³-hybridized carbons (Fsp3) is 0.375. The maximum absolute atomic E-state index is 10.4. The zero-order valence-electron chi connectivity index (χ0n) is 7.49. The van der Waals surface area contributed by atoms with E-state index in [-0.39, 0.29) is 11.4 Å². The Labute approximate surface area is 80.0 Å². The average Bonchev–Trinajstić information content (AvgIpc) is 2.16. The van der Waals surface area contributed by atoms with Crippen molar-refractivity contribution in [2.24, 2.45) is 0 Å². The molecule has 0 aliphatic rings. The van der Waals surface area contributed by atoms with E-state index in [1.807, 2.05) is 0 Å². The Morgan fingerprint density at radius 3 is 2.71 bits per heavy atom. The van der Waals surface area contributed by atoms with Crippen molar-refractivity contribution in [1.29, 1.82) is 0 Å². The van der Waals surface area contributed by atoms with Gasteiger partial charge in [-0.3, -0.25) is 15.1 Å². The monoisotopic (exact) mass is 198 g/mol. The van der Waals surface area contributed by atoms with E-state index in [1.54, 1.807) is 0 Å². The lowest BCUT2D eigenvalue weighted by molar-refractivity contribution is -0.385. The summed E-state index contributed by atoms with van der Waals surface area (Å²) in [6.45, 7) is 1.38. The van der Waals surface area contributed by atoms with Gasteiger partial charge in [0.25, 0.3) is 5.69 Å². The highest BCUT2D eigenvalue weighted by Gasteiger charge is 2.17. The van der Waals surface area contributed by atoms with Gasteiger partial charge >= 0.3 is 0 Å². The van der Waals surface area contributed by atoms with Gasteiger partial charge < -0.3 is 10.2 Å². The molecule has 0 saturated heterocycles. The lowest BCUT2D eigenvalue weighted by Crippen LogP contribution is -2.15. The minimum atomic E-state index is -1.20. The number of nitrogens with zero attached hydrogens (tertiary/aromatic N) is 2. The summed E-state index contributed by atoms with van der Waals surface area (Å²) >= 11 is 0. The van der Waals surface area contributed by atoms with Gasteiger partial charge in [0.1, 0.15) is 6.10 Å². The van der Waals surface area contributed by atoms with E-state index in [1.165, 1.54) is 19.2 Å². The molecule has 1 aromatic heterocycles. The first kappa shape index (κ1) is 10.6. The number of aromatic nitrogens is 1. The third kappa shape index (κ3) is 2.24. The van der Waals surface area contributed by atoms with E-state index in [2.05, 4.69) is 4.98 Å². The van der Waals surface area contributed by atoms with Gasteiger partial charge in [-0.05, 0) is 6.92 Å². The maximum atomic E-state index is 10.4. The molecule has 6 nitrogen and oxygen atoms in total. The summed E-state index contributed by atoms with van der Waals surface area (Å²) < 4.78 is 0. The SMILES string of the molecule is CC(O)C(O)c1cc([N+](=O)[O-])ccn1. The first-order chi connectivity index (χ1) is 6.52. The first-order valence-corrected chi connectivity index (χ1v) is 3.99. The molecular weight excluding hydrogens is 188 g/mol. The van der Waals surface area contributed by atoms with Crippen LogP contribution in [-0.2, 0) is 0 Å². The van der Waals surface area contributed by atoms with Crippen molar-refractivity contribution >= 4 is 5.69 Å². The zero-order chi connectivity index (χ0) is 10.7. The summed E-state index contributed by atoms with van der Waals surface area (Å²) in [4.78, 5) is 13.5. The number of pyridine rings is 1. The van der Waals surface area contributed by atoms with Crippen molar-refractivity contribution in [3.05, 3.63) is 34.1 Å². The van der Waals surface area contributed by atoms with Crippen LogP contribution in [0, 0.1) is 10.1 Å². The molecular formula is C8H10N2O4. The van der Waals surface area contributed by atoms with Crippen molar-refractivity contribution in [2.75, 3.05) is 0 Å². The van der Waals surface area contributed by atoms with Crippen molar-refractivity contribution in [3.8, 4) is 0 Å². The predicted octanol–water partition coefficient (Wildman–Crippen LogP) is 0.404. The zero-order valence-corrected chi connectivity index (χ0v) is 7.49. The third-order valence-electron chi connectivity index (χ3n) is 1.74. The lowest BCUT2D eigenvalue weighted by atomic mass is 10.1. The highest BCUT2D eigenvalue weighted by Crippen LogP contribution is 2.18. The van der Waals surface area contributed by atoms with Crippen LogP contribution in [0.5, 0.6) is 0 Å². The number of rotatable bonds is 3. The fourth-order valence-corrected chi connectivity index (χ4v) is 0.959. The molecule has 1 heterocycles. The number of hydrogen-bond acceptors (Lipinski definition) is 5. The van der Waals surface area contributed by atoms with Gasteiger partial charge in [0.15, 0.2) is 0 Å². The van der Waals surface area contributed by atoms with Gasteiger partial charge in [-0.1, -0.05) is 0 Å². The van der Waals surface area contributed by atoms with E-state index in [4.69, 9.17) is 5.11 Å². The van der Waals surface area contributed by atoms with Gasteiger partial charge in [0.2, 0.25) is 0 Å². The Bertz CT molecular complexity index is 340. The summed E-state index contributed by atoms with van der Waals surface area (Å²) in [5.74, 6) is 0. The molecule has 2 atom stereocenters. The Balaban J connectivity index is 2.99. The van der Waals surface area contributed by atoms with Gasteiger partial charge in [0, 0.05) is 18.3 Å². The Kier molecular flexibility index (Phi) is 3.10. The van der Waals surface area contributed by atoms with E-state index in [0.29, 0.717) is 0 Å². The maximum Gasteiger partial charge on any atom is 0.272 e. The lowest BCUT2D eigenvalue weighted by Gasteiger charge is -2.11. The molecule has 1 rings (SSSR count). The first-order valence-electron chi connectivity index (χ1n) is 3.99. The van der Waals surface area contributed by atoms with Crippen LogP contribution < -0.4 is 0 Å². The molecule has 0 aromatic carbocycles. The van der Waals surface area contributed by atoms with Crippen molar-refractivity contribution in [2.45, 2.75) is 19.1 Å². The summed E-state index contributed by atoms with van der Waals surface area (Å²) in [6, 6.07) is 2.36. The second kappa shape index (κ2) is 4.12. The molecule has 1 aromatic rings. The van der Waals surface area contributed by atoms with Crippen molar-refractivity contribution in [3.63, 3.8) is 0 Å². The predicted molar refractivity (Wildman–Crippen MR) is 47.5 cm³/mol. The van der Waals surface area contributed by atoms with E-state index >= 15 is 0 Å². The summed E-state index contributed by atoms with van der Waals surface area (Å²) in [5.41, 5.74) is -0.0658. The van der Waals surface area contributed by atoms with E-state index in [0.717, 1.165) is 6.07 Å². The summed E-state index contributed by atoms with van der Waals surface area (Å²) in [7, 11) is 0. The largest absolute Gasteiger partial charge is 0.390 e. The average molecular weight is 198 g/mol. The van der Waals surface area contributed by atoms with Gasteiger partial charge in [-0.15, -0.1) is 0 Å². The molecule has 76 valence electrons. The molecule has 14 heavy (non-hydrogen) atoms. The molecule has 2 unspecified atom stereocenters. The molecule has 0 amide bonds. The molecule has 0 aliphatic carbocycles. The molecule has 0 spiro atoms. The van der Waals surface area contributed by atoms with Crippen molar-refractivity contribution < 1.29 is 15.1 Å². The van der Waals surface area contributed by atoms with Gasteiger partial charge in [-0.25, -0.2) is 0 Å². The quantitative estimate of drug-likeness (QED) is 0.541. The normalized spacial score (nSPS) is 14.8. The smallest absolute Gasteiger partial charge is 0.272 e. The van der Waals surface area contributed by atoms with E-state index in [9.17, 15) is 15.2 Å². The van der Waals surface area contributed by atoms with Crippen LogP contribution in [0.3, 0.4) is 0 Å². The number of aliphatic hydroxyl groups excluding tert-OH is 2. The minimum Gasteiger partial charge on any atom is -0.390 e. The fourth-order valence-electron chi connectivity index (χ4n) is 0.959. The second-order valence-electron chi connectivity index (χ2n) is 2.88. The van der Waals surface area contributed by atoms with Crippen LogP contribution in [0.1, 0.15) is 18.7 Å². The van der Waals surface area contributed by atoms with Gasteiger partial charge in [-0.2, -0.15) is 0 Å². The van der Waals surface area contributed by atoms with Crippen LogP contribution in [0.15, 0.2) is 18.3 Å². The topological polar surface area (TPSA) is 96.5 Å². The molecule has 6 heteroatoms. The van der Waals surface area contributed by atoms with Crippen LogP contribution in [-0.4, -0.2) is 26.2 Å². The number of aliphatic hydroxyl groups is 2. The summed E-state index contributed by atoms with van der Waals surface area (Å²) in [5, 5.41) is 28.8. The highest BCUT2D eigenvalue weighted by atomic mass is 16.6. The number of hydrogen-bond donors (Lipinski definition) is 2. The third-order valence-corrected chi connectivity index (χ3v) is 1.74. The minimum absolute atomic E-state index is 0.0919. The Hall–Kier alpha value is -1.53. The Morgan fingerprint density at radius 1 is 1.57 bits per heavy atom. The molecule has 0 aliphatic heterocycles. The van der Waals surface area contributed by atoms with Crippen LogP contribution in [0.2, 0.25) is 0 Å². The highest BCUT2D eigenvalue weighted by molar-refractivity contribution is 5.30. The van der Waals surface area contributed by atoms with Crippen LogP contribution >= 0.6 is 0 Å². The molecule has 0 bridgehead atoms. The van der Waals surface area contributed by atoms with Crippen molar-refractivity contribution in [1.82, 2.24) is 4.98 Å². The Morgan fingerprint density at radius 2 is 2.21 bits per heavy atom. The molecule has 2 N–H and O–H groups in total. The standard InChI is InChI=1S/C8H10N2O4/c1-5(11)8(12)7-4-6(10(13)14)2-3-9-7/h2-5,8,11-12H,1H3. The van der Waals surface area contributed by atoms with Gasteiger partial charge in [0.05, 0.1) is 16.7 Å². The van der Waals surface area contributed by atoms with Crippen LogP contribution in [0.25, 0.3) is 0 Å². The summed E-state index contributed by atoms with van der Waals surface area (Å²) in [6.07, 6.45) is -0.988. The molecule has 0 radical (unpaired) electrons. The van der Waals surface area contributed by atoms with Crippen LogP contribution in [0.4, 0.5) is 5.69 Å².